The Morgan fingerprint density at radius 3 is 2.67 bits per heavy atom. The summed E-state index contributed by atoms with van der Waals surface area (Å²) in [5.74, 6) is -0.149. The highest BCUT2D eigenvalue weighted by Gasteiger charge is 2.14. The van der Waals surface area contributed by atoms with E-state index in [0.717, 1.165) is 39.4 Å². The Balaban J connectivity index is 2.05. The van der Waals surface area contributed by atoms with Crippen LogP contribution in [-0.2, 0) is 4.79 Å². The van der Waals surface area contributed by atoms with Gasteiger partial charge in [-0.05, 0) is 56.7 Å². The van der Waals surface area contributed by atoms with Crippen molar-refractivity contribution in [3.8, 4) is 17.0 Å². The topological polar surface area (TPSA) is 63.8 Å². The van der Waals surface area contributed by atoms with E-state index in [4.69, 9.17) is 9.84 Å². The van der Waals surface area contributed by atoms with Crippen LogP contribution in [-0.4, -0.2) is 26.6 Å². The van der Waals surface area contributed by atoms with Gasteiger partial charge in [-0.2, -0.15) is 0 Å². The third-order valence-electron chi connectivity index (χ3n) is 3.49. The fourth-order valence-electron chi connectivity index (χ4n) is 2.51. The van der Waals surface area contributed by atoms with Crippen molar-refractivity contribution in [2.24, 2.45) is 0 Å². The zero-order chi connectivity index (χ0) is 17.3. The van der Waals surface area contributed by atoms with Gasteiger partial charge in [-0.15, -0.1) is 11.3 Å². The van der Waals surface area contributed by atoms with Crippen molar-refractivity contribution in [2.75, 3.05) is 0 Å². The van der Waals surface area contributed by atoms with Gasteiger partial charge < -0.3 is 9.84 Å². The first-order chi connectivity index (χ1) is 11.5. The molecule has 0 aliphatic rings. The monoisotopic (exact) mass is 342 g/mol. The third kappa shape index (κ3) is 3.19. The van der Waals surface area contributed by atoms with Crippen molar-refractivity contribution in [3.63, 3.8) is 0 Å². The van der Waals surface area contributed by atoms with Gasteiger partial charge in [0, 0.05) is 11.5 Å². The number of nitrogens with zero attached hydrogens (tertiary/aromatic N) is 2. The number of hydrogen-bond donors (Lipinski definition) is 1. The highest BCUT2D eigenvalue weighted by atomic mass is 32.1. The number of aryl methyl sites for hydroxylation is 1. The number of imidazole rings is 1. The first-order valence-corrected chi connectivity index (χ1v) is 8.48. The van der Waals surface area contributed by atoms with Gasteiger partial charge in [0.25, 0.3) is 0 Å². The SMILES string of the molecule is Cc1nc2scc(-c3ccc(OC(C)C)cc3)n2c1/C=C/C(=O)O. The number of carboxylic acids is 1. The first kappa shape index (κ1) is 16.3. The van der Waals surface area contributed by atoms with Gasteiger partial charge in [-0.1, -0.05) is 0 Å². The zero-order valence-electron chi connectivity index (χ0n) is 13.7. The lowest BCUT2D eigenvalue weighted by molar-refractivity contribution is -0.131. The number of hydrogen-bond acceptors (Lipinski definition) is 4. The summed E-state index contributed by atoms with van der Waals surface area (Å²) in [5.41, 5.74) is 3.60. The minimum Gasteiger partial charge on any atom is -0.491 e. The summed E-state index contributed by atoms with van der Waals surface area (Å²) in [5, 5.41) is 10.9. The molecule has 5 nitrogen and oxygen atoms in total. The maximum Gasteiger partial charge on any atom is 0.328 e. The number of carbonyl (C=O) groups is 1. The molecule has 0 saturated heterocycles. The molecule has 0 aliphatic carbocycles. The molecule has 0 radical (unpaired) electrons. The van der Waals surface area contributed by atoms with Crippen LogP contribution in [0.5, 0.6) is 5.75 Å². The summed E-state index contributed by atoms with van der Waals surface area (Å²) in [4.78, 5) is 16.2. The summed E-state index contributed by atoms with van der Waals surface area (Å²) in [6, 6.07) is 7.88. The van der Waals surface area contributed by atoms with Gasteiger partial charge >= 0.3 is 5.97 Å². The number of aliphatic carboxylic acids is 1. The van der Waals surface area contributed by atoms with Crippen LogP contribution in [0.15, 0.2) is 35.7 Å². The van der Waals surface area contributed by atoms with Crippen LogP contribution in [0, 0.1) is 6.92 Å². The van der Waals surface area contributed by atoms with E-state index in [1.165, 1.54) is 11.3 Å². The lowest BCUT2D eigenvalue weighted by atomic mass is 10.1. The third-order valence-corrected chi connectivity index (χ3v) is 4.31. The largest absolute Gasteiger partial charge is 0.491 e. The van der Waals surface area contributed by atoms with Crippen molar-refractivity contribution >= 4 is 28.3 Å². The van der Waals surface area contributed by atoms with Gasteiger partial charge in [0.15, 0.2) is 4.96 Å². The Bertz CT molecular complexity index is 904. The van der Waals surface area contributed by atoms with E-state index in [2.05, 4.69) is 4.98 Å². The number of ether oxygens (including phenoxy) is 1. The highest BCUT2D eigenvalue weighted by molar-refractivity contribution is 7.15. The highest BCUT2D eigenvalue weighted by Crippen LogP contribution is 2.30. The summed E-state index contributed by atoms with van der Waals surface area (Å²) in [6.07, 6.45) is 2.86. The molecule has 0 fully saturated rings. The average Bonchev–Trinajstić information content (AvgIpc) is 3.04. The summed E-state index contributed by atoms with van der Waals surface area (Å²) >= 11 is 1.53. The molecule has 24 heavy (non-hydrogen) atoms. The van der Waals surface area contributed by atoms with Crippen molar-refractivity contribution in [1.29, 1.82) is 0 Å². The molecule has 0 amide bonds. The van der Waals surface area contributed by atoms with E-state index < -0.39 is 5.97 Å². The van der Waals surface area contributed by atoms with E-state index in [1.54, 1.807) is 6.08 Å². The van der Waals surface area contributed by atoms with Crippen LogP contribution in [0.4, 0.5) is 0 Å². The van der Waals surface area contributed by atoms with Crippen LogP contribution in [0.2, 0.25) is 0 Å². The number of carboxylic acid groups (broad SMARTS) is 1. The standard InChI is InChI=1S/C18H18N2O3S/c1-11(2)23-14-6-4-13(5-7-14)16-10-24-18-19-12(3)15(20(16)18)8-9-17(21)22/h4-11H,1-3H3,(H,21,22)/b9-8+. The van der Waals surface area contributed by atoms with Gasteiger partial charge in [-0.25, -0.2) is 9.78 Å². The Kier molecular flexibility index (Phi) is 4.40. The number of benzene rings is 1. The molecule has 0 bridgehead atoms. The minimum absolute atomic E-state index is 0.132. The molecule has 3 rings (SSSR count). The number of rotatable bonds is 5. The number of fused-ring (bicyclic) bond motifs is 1. The zero-order valence-corrected chi connectivity index (χ0v) is 14.5. The fraction of sp³-hybridized carbons (Fsp3) is 0.222. The summed E-state index contributed by atoms with van der Waals surface area (Å²) in [6.45, 7) is 5.86. The molecule has 0 spiro atoms. The van der Waals surface area contributed by atoms with Crippen LogP contribution >= 0.6 is 11.3 Å². The van der Waals surface area contributed by atoms with Crippen molar-refractivity contribution in [1.82, 2.24) is 9.38 Å². The molecule has 0 atom stereocenters. The molecule has 1 N–H and O–H groups in total. The van der Waals surface area contributed by atoms with E-state index in [1.807, 2.05) is 54.8 Å². The van der Waals surface area contributed by atoms with E-state index in [9.17, 15) is 4.79 Å². The Morgan fingerprint density at radius 1 is 1.33 bits per heavy atom. The normalized spacial score (nSPS) is 11.7. The van der Waals surface area contributed by atoms with Crippen LogP contribution in [0.1, 0.15) is 25.2 Å². The Labute approximate surface area is 143 Å². The number of aromatic nitrogens is 2. The number of thiazole rings is 1. The second-order valence-electron chi connectivity index (χ2n) is 5.68. The Hall–Kier alpha value is -2.60. The lowest BCUT2D eigenvalue weighted by Gasteiger charge is -2.10. The second-order valence-corrected chi connectivity index (χ2v) is 6.52. The molecule has 2 aromatic heterocycles. The van der Waals surface area contributed by atoms with Gasteiger partial charge in [0.05, 0.1) is 23.2 Å². The molecule has 6 heteroatoms. The van der Waals surface area contributed by atoms with Crippen molar-refractivity contribution in [2.45, 2.75) is 26.9 Å². The fourth-order valence-corrected chi connectivity index (χ4v) is 3.46. The smallest absolute Gasteiger partial charge is 0.328 e. The molecule has 0 aliphatic heterocycles. The quantitative estimate of drug-likeness (QED) is 0.704. The van der Waals surface area contributed by atoms with Crippen LogP contribution in [0.25, 0.3) is 22.3 Å². The maximum atomic E-state index is 10.8. The lowest BCUT2D eigenvalue weighted by Crippen LogP contribution is -2.05. The van der Waals surface area contributed by atoms with E-state index >= 15 is 0 Å². The van der Waals surface area contributed by atoms with Crippen LogP contribution in [0.3, 0.4) is 0 Å². The van der Waals surface area contributed by atoms with Crippen molar-refractivity contribution in [3.05, 3.63) is 47.1 Å². The average molecular weight is 342 g/mol. The molecule has 3 aromatic rings. The van der Waals surface area contributed by atoms with Crippen molar-refractivity contribution < 1.29 is 14.6 Å². The molecule has 0 saturated carbocycles. The minimum atomic E-state index is -0.976. The molecule has 2 heterocycles. The molecule has 1 aromatic carbocycles. The maximum absolute atomic E-state index is 10.8. The van der Waals surface area contributed by atoms with Gasteiger partial charge in [-0.3, -0.25) is 4.40 Å². The molecular formula is C18H18N2O3S. The molecule has 124 valence electrons. The second kappa shape index (κ2) is 6.49. The summed E-state index contributed by atoms with van der Waals surface area (Å²) < 4.78 is 7.66. The first-order valence-electron chi connectivity index (χ1n) is 7.60. The predicted molar refractivity (Wildman–Crippen MR) is 95.7 cm³/mol. The van der Waals surface area contributed by atoms with Gasteiger partial charge in [0.2, 0.25) is 0 Å². The van der Waals surface area contributed by atoms with Crippen LogP contribution < -0.4 is 4.74 Å². The van der Waals surface area contributed by atoms with E-state index in [0.29, 0.717) is 0 Å². The van der Waals surface area contributed by atoms with Gasteiger partial charge in [0.1, 0.15) is 5.75 Å². The Morgan fingerprint density at radius 2 is 2.04 bits per heavy atom. The van der Waals surface area contributed by atoms with E-state index in [-0.39, 0.29) is 6.10 Å². The molecular weight excluding hydrogens is 324 g/mol. The predicted octanol–water partition coefficient (Wildman–Crippen LogP) is 4.26. The molecule has 0 unspecified atom stereocenters. The summed E-state index contributed by atoms with van der Waals surface area (Å²) in [7, 11) is 0.